The van der Waals surface area contributed by atoms with E-state index in [1.54, 1.807) is 0 Å². The van der Waals surface area contributed by atoms with E-state index in [-0.39, 0.29) is 0 Å². The summed E-state index contributed by atoms with van der Waals surface area (Å²) < 4.78 is 0. The molecule has 0 aliphatic rings. The van der Waals surface area contributed by atoms with Crippen LogP contribution in [0.4, 0.5) is 0 Å². The molecule has 2 aromatic rings. The maximum Gasteiger partial charge on any atom is 0.0926 e. The second kappa shape index (κ2) is 6.58. The van der Waals surface area contributed by atoms with Crippen molar-refractivity contribution < 1.29 is 0 Å². The summed E-state index contributed by atoms with van der Waals surface area (Å²) in [6.07, 6.45) is 1.14. The van der Waals surface area contributed by atoms with Crippen molar-refractivity contribution in [2.45, 2.75) is 59.8 Å². The normalized spacial score (nSPS) is 12.4. The molecule has 0 aliphatic carbocycles. The van der Waals surface area contributed by atoms with Crippen molar-refractivity contribution >= 4 is 10.9 Å². The lowest BCUT2D eigenvalue weighted by molar-refractivity contribution is 0.708. The van der Waals surface area contributed by atoms with Gasteiger partial charge in [0.05, 0.1) is 5.52 Å². The molecule has 0 amide bonds. The number of H-pyrrole nitrogens is 1. The Labute approximate surface area is 111 Å². The first-order valence-corrected chi connectivity index (χ1v) is 7.11. The molecule has 0 spiro atoms. The van der Waals surface area contributed by atoms with Crippen LogP contribution in [0, 0.1) is 0 Å². The molecule has 2 nitrogen and oxygen atoms in total. The second-order valence-electron chi connectivity index (χ2n) is 4.88. The van der Waals surface area contributed by atoms with Gasteiger partial charge in [-0.15, -0.1) is 0 Å². The summed E-state index contributed by atoms with van der Waals surface area (Å²) in [5, 5.41) is 8.86. The number of aromatic nitrogens is 2. The van der Waals surface area contributed by atoms with Crippen LogP contribution in [-0.2, 0) is 0 Å². The molecule has 0 bridgehead atoms. The van der Waals surface area contributed by atoms with E-state index in [0.29, 0.717) is 11.8 Å². The van der Waals surface area contributed by atoms with Gasteiger partial charge < -0.3 is 0 Å². The Bertz CT molecular complexity index is 483. The molecule has 1 heterocycles. The van der Waals surface area contributed by atoms with E-state index in [0.717, 1.165) is 11.9 Å². The lowest BCUT2D eigenvalue weighted by Gasteiger charge is -2.07. The highest BCUT2D eigenvalue weighted by molar-refractivity contribution is 5.82. The van der Waals surface area contributed by atoms with Gasteiger partial charge in [0.15, 0.2) is 0 Å². The minimum Gasteiger partial charge on any atom is -0.281 e. The molecule has 0 radical (unpaired) electrons. The summed E-state index contributed by atoms with van der Waals surface area (Å²) in [5.74, 6) is 1.11. The summed E-state index contributed by atoms with van der Waals surface area (Å²) in [7, 11) is 0. The fourth-order valence-corrected chi connectivity index (χ4v) is 1.99. The van der Waals surface area contributed by atoms with Crippen LogP contribution in [0.1, 0.15) is 71.1 Å². The molecule has 100 valence electrons. The zero-order valence-corrected chi connectivity index (χ0v) is 12.5. The summed E-state index contributed by atoms with van der Waals surface area (Å²) >= 11 is 0. The van der Waals surface area contributed by atoms with Gasteiger partial charge in [-0.1, -0.05) is 53.7 Å². The molecule has 18 heavy (non-hydrogen) atoms. The van der Waals surface area contributed by atoms with Crippen LogP contribution in [0.2, 0.25) is 0 Å². The van der Waals surface area contributed by atoms with Gasteiger partial charge in [-0.3, -0.25) is 5.10 Å². The lowest BCUT2D eigenvalue weighted by Crippen LogP contribution is -1.92. The maximum absolute atomic E-state index is 4.41. The van der Waals surface area contributed by atoms with Crippen LogP contribution >= 0.6 is 0 Å². The van der Waals surface area contributed by atoms with E-state index in [1.165, 1.54) is 16.6 Å². The smallest absolute Gasteiger partial charge is 0.0926 e. The fourth-order valence-electron chi connectivity index (χ4n) is 1.99. The quantitative estimate of drug-likeness (QED) is 0.789. The Morgan fingerprint density at radius 3 is 2.39 bits per heavy atom. The molecule has 1 aromatic carbocycles. The third kappa shape index (κ3) is 2.92. The van der Waals surface area contributed by atoms with E-state index >= 15 is 0 Å². The summed E-state index contributed by atoms with van der Waals surface area (Å²) in [6, 6.07) is 6.62. The highest BCUT2D eigenvalue weighted by Gasteiger charge is 2.11. The van der Waals surface area contributed by atoms with Crippen molar-refractivity contribution in [1.82, 2.24) is 10.2 Å². The van der Waals surface area contributed by atoms with E-state index in [9.17, 15) is 0 Å². The highest BCUT2D eigenvalue weighted by Crippen LogP contribution is 2.27. The number of hydrogen-bond acceptors (Lipinski definition) is 1. The van der Waals surface area contributed by atoms with Crippen molar-refractivity contribution in [2.75, 3.05) is 0 Å². The third-order valence-corrected chi connectivity index (χ3v) is 3.38. The monoisotopic (exact) mass is 246 g/mol. The number of hydrogen-bond donors (Lipinski definition) is 1. The molecule has 0 saturated carbocycles. The fraction of sp³-hybridized carbons (Fsp3) is 0.562. The first-order valence-electron chi connectivity index (χ1n) is 7.11. The van der Waals surface area contributed by atoms with Crippen LogP contribution in [-0.4, -0.2) is 10.2 Å². The molecule has 1 aromatic heterocycles. The van der Waals surface area contributed by atoms with E-state index in [2.05, 4.69) is 56.1 Å². The zero-order chi connectivity index (χ0) is 13.7. The average Bonchev–Trinajstić information content (AvgIpc) is 2.83. The van der Waals surface area contributed by atoms with Gasteiger partial charge in [0.2, 0.25) is 0 Å². The first kappa shape index (κ1) is 14.7. The van der Waals surface area contributed by atoms with Crippen LogP contribution in [0.25, 0.3) is 10.9 Å². The molecule has 1 atom stereocenters. The zero-order valence-electron chi connectivity index (χ0n) is 12.5. The van der Waals surface area contributed by atoms with Gasteiger partial charge in [0.1, 0.15) is 0 Å². The standard InChI is InChI=1S/C14H20N2.C2H6/c1-5-10(4)14-12-7-6-11(9(2)3)8-13(12)15-16-14;1-2/h6-10H,5H2,1-4H3,(H,15,16);1-2H3. The highest BCUT2D eigenvalue weighted by atomic mass is 15.1. The van der Waals surface area contributed by atoms with Crippen LogP contribution in [0.15, 0.2) is 18.2 Å². The Kier molecular flexibility index (Phi) is 5.39. The largest absolute Gasteiger partial charge is 0.281 e. The SMILES string of the molecule is CC.CCC(C)c1[nH]nc2cc(C(C)C)ccc12. The van der Waals surface area contributed by atoms with Crippen LogP contribution in [0.5, 0.6) is 0 Å². The predicted octanol–water partition coefficient (Wildman–Crippen LogP) is 5.23. The predicted molar refractivity (Wildman–Crippen MR) is 80.2 cm³/mol. The maximum atomic E-state index is 4.41. The molecule has 2 heteroatoms. The Hall–Kier alpha value is -1.31. The Morgan fingerprint density at radius 1 is 1.17 bits per heavy atom. The molecule has 1 N–H and O–H groups in total. The van der Waals surface area contributed by atoms with Crippen molar-refractivity contribution in [3.05, 3.63) is 29.5 Å². The van der Waals surface area contributed by atoms with Gasteiger partial charge in [0, 0.05) is 11.1 Å². The number of rotatable bonds is 3. The van der Waals surface area contributed by atoms with Gasteiger partial charge in [-0.2, -0.15) is 5.10 Å². The summed E-state index contributed by atoms with van der Waals surface area (Å²) in [6.45, 7) is 12.9. The van der Waals surface area contributed by atoms with Gasteiger partial charge >= 0.3 is 0 Å². The van der Waals surface area contributed by atoms with Crippen molar-refractivity contribution in [2.24, 2.45) is 0 Å². The molecular formula is C16H26N2. The van der Waals surface area contributed by atoms with Gasteiger partial charge in [0.25, 0.3) is 0 Å². The van der Waals surface area contributed by atoms with Crippen molar-refractivity contribution in [3.63, 3.8) is 0 Å². The van der Waals surface area contributed by atoms with Crippen LogP contribution in [0.3, 0.4) is 0 Å². The molecule has 0 saturated heterocycles. The molecule has 1 unspecified atom stereocenters. The number of aromatic amines is 1. The van der Waals surface area contributed by atoms with Crippen molar-refractivity contribution in [3.8, 4) is 0 Å². The molecule has 0 aliphatic heterocycles. The van der Waals surface area contributed by atoms with E-state index in [1.807, 2.05) is 13.8 Å². The van der Waals surface area contributed by atoms with Gasteiger partial charge in [-0.25, -0.2) is 0 Å². The van der Waals surface area contributed by atoms with E-state index in [4.69, 9.17) is 0 Å². The Balaban J connectivity index is 0.000000771. The number of nitrogens with zero attached hydrogens (tertiary/aromatic N) is 1. The lowest BCUT2D eigenvalue weighted by atomic mass is 9.98. The minimum atomic E-state index is 0.551. The first-order chi connectivity index (χ1) is 8.63. The van der Waals surface area contributed by atoms with Gasteiger partial charge in [-0.05, 0) is 29.9 Å². The average molecular weight is 246 g/mol. The Morgan fingerprint density at radius 2 is 1.83 bits per heavy atom. The molecule has 0 fully saturated rings. The van der Waals surface area contributed by atoms with Crippen LogP contribution < -0.4 is 0 Å². The minimum absolute atomic E-state index is 0.551. The summed E-state index contributed by atoms with van der Waals surface area (Å²) in [5.41, 5.74) is 3.73. The number of benzene rings is 1. The van der Waals surface area contributed by atoms with E-state index < -0.39 is 0 Å². The second-order valence-corrected chi connectivity index (χ2v) is 4.88. The number of nitrogens with one attached hydrogen (secondary N) is 1. The topological polar surface area (TPSA) is 28.7 Å². The number of fused-ring (bicyclic) bond motifs is 1. The van der Waals surface area contributed by atoms with Crippen molar-refractivity contribution in [1.29, 1.82) is 0 Å². The third-order valence-electron chi connectivity index (χ3n) is 3.38. The summed E-state index contributed by atoms with van der Waals surface area (Å²) in [4.78, 5) is 0. The molecule has 2 rings (SSSR count). The molecular weight excluding hydrogens is 220 g/mol.